The van der Waals surface area contributed by atoms with Crippen LogP contribution in [0.5, 0.6) is 11.5 Å². The van der Waals surface area contributed by atoms with Crippen molar-refractivity contribution in [3.05, 3.63) is 111 Å². The van der Waals surface area contributed by atoms with Gasteiger partial charge in [0.05, 0.1) is 20.8 Å². The standard InChI is InChI=1S/C34H39FN4O3S/c1-41-31-13-10-25(20-32(31)42-2)14-17-39(22-27-8-11-28(35)12-9-27)23-33-37-30(24-43-33)34(40)36-29-15-18-38(19-16-29)21-26-6-4-3-5-7-26/h3-13,20,24,29H,14-19,21-23H2,1-2H3,(H,36,40). The molecule has 43 heavy (non-hydrogen) atoms. The van der Waals surface area contributed by atoms with E-state index in [-0.39, 0.29) is 17.8 Å². The van der Waals surface area contributed by atoms with Crippen molar-refractivity contribution < 1.29 is 18.7 Å². The molecule has 5 rings (SSSR count). The summed E-state index contributed by atoms with van der Waals surface area (Å²) in [6.45, 7) is 4.82. The molecule has 0 saturated carbocycles. The molecule has 9 heteroatoms. The lowest BCUT2D eigenvalue weighted by atomic mass is 10.0. The molecule has 0 spiro atoms. The first-order valence-electron chi connectivity index (χ1n) is 14.7. The van der Waals surface area contributed by atoms with E-state index in [0.717, 1.165) is 61.6 Å². The lowest BCUT2D eigenvalue weighted by Crippen LogP contribution is -2.44. The minimum Gasteiger partial charge on any atom is -0.493 e. The van der Waals surface area contributed by atoms with Crippen molar-refractivity contribution in [1.82, 2.24) is 20.1 Å². The lowest BCUT2D eigenvalue weighted by molar-refractivity contribution is 0.0904. The highest BCUT2D eigenvalue weighted by Gasteiger charge is 2.22. The Balaban J connectivity index is 1.17. The Kier molecular flexibility index (Phi) is 10.8. The van der Waals surface area contributed by atoms with E-state index in [2.05, 4.69) is 39.4 Å². The highest BCUT2D eigenvalue weighted by Crippen LogP contribution is 2.28. The van der Waals surface area contributed by atoms with Gasteiger partial charge in [-0.25, -0.2) is 9.37 Å². The van der Waals surface area contributed by atoms with Crippen molar-refractivity contribution in [2.24, 2.45) is 0 Å². The van der Waals surface area contributed by atoms with Gasteiger partial charge in [-0.2, -0.15) is 0 Å². The van der Waals surface area contributed by atoms with E-state index in [1.807, 2.05) is 41.8 Å². The van der Waals surface area contributed by atoms with Gasteiger partial charge in [-0.15, -0.1) is 11.3 Å². The summed E-state index contributed by atoms with van der Waals surface area (Å²) >= 11 is 1.50. The molecule has 0 atom stereocenters. The molecule has 0 unspecified atom stereocenters. The number of aromatic nitrogens is 1. The van der Waals surface area contributed by atoms with Crippen LogP contribution in [-0.4, -0.2) is 60.6 Å². The fourth-order valence-corrected chi connectivity index (χ4v) is 6.22. The van der Waals surface area contributed by atoms with Gasteiger partial charge in [0, 0.05) is 44.1 Å². The summed E-state index contributed by atoms with van der Waals surface area (Å²) < 4.78 is 24.4. The van der Waals surface area contributed by atoms with Crippen LogP contribution in [0.15, 0.2) is 78.2 Å². The van der Waals surface area contributed by atoms with Crippen LogP contribution in [0, 0.1) is 5.82 Å². The van der Waals surface area contributed by atoms with Crippen molar-refractivity contribution in [1.29, 1.82) is 0 Å². The number of piperidine rings is 1. The molecular weight excluding hydrogens is 563 g/mol. The summed E-state index contributed by atoms with van der Waals surface area (Å²) in [7, 11) is 3.26. The van der Waals surface area contributed by atoms with E-state index >= 15 is 0 Å². The van der Waals surface area contributed by atoms with Crippen LogP contribution in [0.4, 0.5) is 4.39 Å². The number of hydrogen-bond donors (Lipinski definition) is 1. The summed E-state index contributed by atoms with van der Waals surface area (Å²) in [5.41, 5.74) is 3.92. The van der Waals surface area contributed by atoms with Crippen molar-refractivity contribution >= 4 is 17.2 Å². The van der Waals surface area contributed by atoms with Crippen LogP contribution in [0.25, 0.3) is 0 Å². The fourth-order valence-electron chi connectivity index (χ4n) is 5.40. The van der Waals surface area contributed by atoms with Gasteiger partial charge in [-0.1, -0.05) is 48.5 Å². The molecule has 226 valence electrons. The van der Waals surface area contributed by atoms with E-state index < -0.39 is 0 Å². The van der Waals surface area contributed by atoms with Gasteiger partial charge in [0.25, 0.3) is 5.91 Å². The Labute approximate surface area is 257 Å². The third-order valence-corrected chi connectivity index (χ3v) is 8.63. The summed E-state index contributed by atoms with van der Waals surface area (Å²) in [6, 6.07) is 23.2. The minimum atomic E-state index is -0.252. The number of hydrogen-bond acceptors (Lipinski definition) is 7. The molecule has 0 aliphatic carbocycles. The van der Waals surface area contributed by atoms with Gasteiger partial charge >= 0.3 is 0 Å². The van der Waals surface area contributed by atoms with Gasteiger partial charge < -0.3 is 14.8 Å². The largest absolute Gasteiger partial charge is 0.493 e. The number of benzene rings is 3. The molecule has 1 N–H and O–H groups in total. The van der Waals surface area contributed by atoms with E-state index in [1.165, 1.54) is 29.0 Å². The summed E-state index contributed by atoms with van der Waals surface area (Å²) in [4.78, 5) is 22.5. The number of ether oxygens (including phenoxy) is 2. The van der Waals surface area contributed by atoms with Crippen molar-refractivity contribution in [3.8, 4) is 11.5 Å². The summed E-state index contributed by atoms with van der Waals surface area (Å²) in [6.07, 6.45) is 2.64. The Hall–Kier alpha value is -3.79. The third kappa shape index (κ3) is 8.86. The molecule has 1 aliphatic heterocycles. The number of nitrogens with one attached hydrogen (secondary N) is 1. The zero-order valence-corrected chi connectivity index (χ0v) is 25.6. The predicted octanol–water partition coefficient (Wildman–Crippen LogP) is 5.94. The van der Waals surface area contributed by atoms with E-state index in [1.54, 1.807) is 14.2 Å². The number of carbonyl (C=O) groups excluding carboxylic acids is 1. The lowest BCUT2D eigenvalue weighted by Gasteiger charge is -2.32. The number of methoxy groups -OCH3 is 2. The van der Waals surface area contributed by atoms with Gasteiger partial charge in [0.1, 0.15) is 16.5 Å². The maximum atomic E-state index is 13.5. The third-order valence-electron chi connectivity index (χ3n) is 7.80. The second-order valence-corrected chi connectivity index (χ2v) is 11.9. The molecule has 7 nitrogen and oxygen atoms in total. The molecular formula is C34H39FN4O3S. The molecule has 1 aromatic heterocycles. The predicted molar refractivity (Wildman–Crippen MR) is 168 cm³/mol. The van der Waals surface area contributed by atoms with E-state index in [0.29, 0.717) is 30.3 Å². The number of nitrogens with zero attached hydrogens (tertiary/aromatic N) is 3. The number of halogens is 1. The molecule has 3 aromatic carbocycles. The topological polar surface area (TPSA) is 66.9 Å². The maximum Gasteiger partial charge on any atom is 0.270 e. The molecule has 1 amide bonds. The number of carbonyl (C=O) groups is 1. The van der Waals surface area contributed by atoms with Crippen molar-refractivity contribution in [2.75, 3.05) is 33.9 Å². The molecule has 4 aromatic rings. The zero-order chi connectivity index (χ0) is 30.0. The first kappa shape index (κ1) is 30.7. The highest BCUT2D eigenvalue weighted by atomic mass is 32.1. The van der Waals surface area contributed by atoms with Crippen LogP contribution < -0.4 is 14.8 Å². The summed E-state index contributed by atoms with van der Waals surface area (Å²) in [5, 5.41) is 5.92. The Morgan fingerprint density at radius 1 is 0.953 bits per heavy atom. The highest BCUT2D eigenvalue weighted by molar-refractivity contribution is 7.09. The van der Waals surface area contributed by atoms with Crippen LogP contribution in [-0.2, 0) is 26.1 Å². The number of likely N-dealkylation sites (tertiary alicyclic amines) is 1. The van der Waals surface area contributed by atoms with Gasteiger partial charge in [0.15, 0.2) is 11.5 Å². The SMILES string of the molecule is COc1ccc(CCN(Cc2ccc(F)cc2)Cc2nc(C(=O)NC3CCN(Cc4ccccc4)CC3)cs2)cc1OC. The first-order chi connectivity index (χ1) is 21.0. The quantitative estimate of drug-likeness (QED) is 0.204. The minimum absolute atomic E-state index is 0.112. The maximum absolute atomic E-state index is 13.5. The van der Waals surface area contributed by atoms with Crippen LogP contribution in [0.2, 0.25) is 0 Å². The molecule has 1 aliphatic rings. The van der Waals surface area contributed by atoms with Gasteiger partial charge in [-0.3, -0.25) is 14.6 Å². The van der Waals surface area contributed by atoms with Gasteiger partial charge in [-0.05, 0) is 60.2 Å². The second kappa shape index (κ2) is 15.1. The number of amides is 1. The summed E-state index contributed by atoms with van der Waals surface area (Å²) in [5.74, 6) is 1.03. The Morgan fingerprint density at radius 3 is 2.40 bits per heavy atom. The van der Waals surface area contributed by atoms with Crippen molar-refractivity contribution in [3.63, 3.8) is 0 Å². The van der Waals surface area contributed by atoms with Crippen LogP contribution >= 0.6 is 11.3 Å². The number of rotatable bonds is 13. The normalized spacial score (nSPS) is 14.1. The average molecular weight is 603 g/mol. The Morgan fingerprint density at radius 2 is 1.67 bits per heavy atom. The first-order valence-corrected chi connectivity index (χ1v) is 15.6. The molecule has 1 saturated heterocycles. The Bertz CT molecular complexity index is 1460. The zero-order valence-electron chi connectivity index (χ0n) is 24.8. The van der Waals surface area contributed by atoms with Crippen molar-refractivity contribution in [2.45, 2.75) is 44.9 Å². The monoisotopic (exact) mass is 602 g/mol. The fraction of sp³-hybridized carbons (Fsp3) is 0.353. The molecule has 0 radical (unpaired) electrons. The van der Waals surface area contributed by atoms with E-state index in [4.69, 9.17) is 14.5 Å². The second-order valence-electron chi connectivity index (χ2n) is 10.9. The average Bonchev–Trinajstić information content (AvgIpc) is 3.51. The molecule has 1 fully saturated rings. The molecule has 0 bridgehead atoms. The molecule has 2 heterocycles. The number of thiazole rings is 1. The van der Waals surface area contributed by atoms with E-state index in [9.17, 15) is 9.18 Å². The van der Waals surface area contributed by atoms with Crippen LogP contribution in [0.3, 0.4) is 0 Å². The van der Waals surface area contributed by atoms with Gasteiger partial charge in [0.2, 0.25) is 0 Å². The van der Waals surface area contributed by atoms with Crippen LogP contribution in [0.1, 0.15) is 45.0 Å². The smallest absolute Gasteiger partial charge is 0.270 e.